The highest BCUT2D eigenvalue weighted by Crippen LogP contribution is 2.56. The van der Waals surface area contributed by atoms with Gasteiger partial charge in [-0.15, -0.1) is 0 Å². The van der Waals surface area contributed by atoms with Crippen molar-refractivity contribution in [3.63, 3.8) is 0 Å². The average Bonchev–Trinajstić information content (AvgIpc) is 3.92. The van der Waals surface area contributed by atoms with E-state index in [0.29, 0.717) is 29.4 Å². The molecule has 346 valence electrons. The Bertz CT molecular complexity index is 3470. The lowest BCUT2D eigenvalue weighted by Gasteiger charge is -2.37. The first-order valence-electron chi connectivity index (χ1n) is 22.2. The second kappa shape index (κ2) is 14.5. The van der Waals surface area contributed by atoms with Crippen LogP contribution in [-0.2, 0) is 23.2 Å². The first-order chi connectivity index (χ1) is 31.8. The van der Waals surface area contributed by atoms with E-state index in [0.717, 1.165) is 37.1 Å². The Morgan fingerprint density at radius 3 is 2.33 bits per heavy atom. The highest BCUT2D eigenvalue weighted by atomic mass is 19.3. The fraction of sp³-hybridized carbons (Fsp3) is 0.375. The van der Waals surface area contributed by atoms with E-state index in [-0.39, 0.29) is 68.2 Å². The highest BCUT2D eigenvalue weighted by molar-refractivity contribution is 6.00. The van der Waals surface area contributed by atoms with Crippen LogP contribution in [0.25, 0.3) is 39.0 Å². The molecule has 5 aromatic heterocycles. The fourth-order valence-electron chi connectivity index (χ4n) is 10.8. The number of fused-ring (bicyclic) bond motifs is 3. The van der Waals surface area contributed by atoms with Gasteiger partial charge in [-0.3, -0.25) is 28.1 Å². The molecule has 1 saturated heterocycles. The molecule has 67 heavy (non-hydrogen) atoms. The lowest BCUT2D eigenvalue weighted by Crippen LogP contribution is -2.47. The molecule has 2 fully saturated rings. The molecule has 15 nitrogen and oxygen atoms in total. The van der Waals surface area contributed by atoms with Crippen LogP contribution >= 0.6 is 0 Å². The molecule has 1 N–H and O–H groups in total. The number of aromatic amines is 1. The molecule has 1 saturated carbocycles. The van der Waals surface area contributed by atoms with Gasteiger partial charge in [0.05, 0.1) is 46.7 Å². The molecule has 11 rings (SSSR count). The van der Waals surface area contributed by atoms with Crippen LogP contribution in [0.15, 0.2) is 81.2 Å². The molecule has 0 bridgehead atoms. The van der Waals surface area contributed by atoms with Crippen molar-refractivity contribution in [2.75, 3.05) is 13.2 Å². The highest BCUT2D eigenvalue weighted by Gasteiger charge is 2.60. The maximum Gasteiger partial charge on any atom is 0.438 e. The Balaban J connectivity index is 1.09. The summed E-state index contributed by atoms with van der Waals surface area (Å²) in [7, 11) is 1.66. The minimum absolute atomic E-state index is 0.0714. The number of imidazole rings is 1. The van der Waals surface area contributed by atoms with Gasteiger partial charge in [0.1, 0.15) is 28.6 Å². The number of aromatic nitrogens is 9. The zero-order valence-corrected chi connectivity index (χ0v) is 37.7. The number of hydrogen-bond acceptors (Lipinski definition) is 8. The van der Waals surface area contributed by atoms with E-state index in [1.54, 1.807) is 30.7 Å². The molecular weight excluding hydrogens is 873 g/mol. The van der Waals surface area contributed by atoms with Gasteiger partial charge >= 0.3 is 17.4 Å². The molecule has 3 aromatic carbocycles. The summed E-state index contributed by atoms with van der Waals surface area (Å²) >= 11 is 0. The van der Waals surface area contributed by atoms with E-state index < -0.39 is 58.7 Å². The molecule has 7 heterocycles. The average molecular weight is 919 g/mol. The Morgan fingerprint density at radius 2 is 1.64 bits per heavy atom. The van der Waals surface area contributed by atoms with Gasteiger partial charge in [-0.2, -0.15) is 19.0 Å². The number of alkyl halides is 2. The normalized spacial score (nSPS) is 22.2. The lowest BCUT2D eigenvalue weighted by molar-refractivity contribution is -0.0593. The van der Waals surface area contributed by atoms with Crippen molar-refractivity contribution in [2.45, 2.75) is 89.8 Å². The molecule has 0 radical (unpaired) electrons. The number of hydrogen-bond donors (Lipinski definition) is 1. The van der Waals surface area contributed by atoms with Gasteiger partial charge in [-0.25, -0.2) is 23.1 Å². The molecule has 1 aliphatic carbocycles. The standard InChI is InChI=1S/C48H46F4N10O5/c1-24-16-31(17-25(2)38(24)49)62-41(59-14-13-58(45(59)65)35-11-10-34-32(39(35)50)22-53-57(34)7)37-27(4)60(23-48(51,52)40(37)55-62)42(63)36-19-30-18-28(29-12-15-66-46(5,6)21-29)8-9-33(30)61(36)47(20-26(47)3)43-54-44(64)67-56-43/h8-11,13-14,16-19,22,26-27,29H,12,15,20-21,23H2,1-7H3,(H,54,56,64). The number of rotatable bonds is 7. The van der Waals surface area contributed by atoms with E-state index in [9.17, 15) is 9.59 Å². The van der Waals surface area contributed by atoms with Crippen LogP contribution in [0.4, 0.5) is 17.6 Å². The third kappa shape index (κ3) is 6.33. The molecule has 2 aliphatic heterocycles. The van der Waals surface area contributed by atoms with Gasteiger partial charge in [-0.05, 0) is 125 Å². The summed E-state index contributed by atoms with van der Waals surface area (Å²) in [5.74, 6) is -6.49. The molecule has 0 spiro atoms. The van der Waals surface area contributed by atoms with Crippen LogP contribution in [0, 0.1) is 31.4 Å². The maximum atomic E-state index is 17.2. The van der Waals surface area contributed by atoms with Gasteiger partial charge in [0.25, 0.3) is 5.91 Å². The van der Waals surface area contributed by atoms with Crippen LogP contribution in [0.5, 0.6) is 0 Å². The molecule has 4 atom stereocenters. The minimum Gasteiger partial charge on any atom is -0.376 e. The number of halogens is 4. The number of benzene rings is 3. The van der Waals surface area contributed by atoms with E-state index in [1.807, 2.05) is 39.0 Å². The summed E-state index contributed by atoms with van der Waals surface area (Å²) in [5, 5.41) is 13.5. The van der Waals surface area contributed by atoms with Crippen molar-refractivity contribution < 1.29 is 31.6 Å². The van der Waals surface area contributed by atoms with Crippen molar-refractivity contribution >= 4 is 27.7 Å². The predicted octanol–water partition coefficient (Wildman–Crippen LogP) is 7.99. The van der Waals surface area contributed by atoms with E-state index in [4.69, 9.17) is 9.26 Å². The van der Waals surface area contributed by atoms with Gasteiger partial charge in [-0.1, -0.05) is 18.1 Å². The molecule has 19 heteroatoms. The van der Waals surface area contributed by atoms with Crippen LogP contribution < -0.4 is 11.4 Å². The SMILES string of the molecule is Cc1cc(-n2nc3c(c2-n2ccn(-c4ccc5c(cnn5C)c4F)c2=O)C(C)N(C(=O)c2cc4cc(C5CCOC(C)(C)C5)ccc4n2C2(c4noc(=O)[nH]4)CC2C)CC3(F)F)cc(C)c1F. The zero-order valence-electron chi connectivity index (χ0n) is 37.7. The number of carbonyl (C=O) groups is 1. The lowest BCUT2D eigenvalue weighted by atomic mass is 9.83. The van der Waals surface area contributed by atoms with E-state index >= 15 is 22.4 Å². The second-order valence-corrected chi connectivity index (χ2v) is 19.1. The summed E-state index contributed by atoms with van der Waals surface area (Å²) in [4.78, 5) is 46.3. The first kappa shape index (κ1) is 42.6. The van der Waals surface area contributed by atoms with Crippen LogP contribution in [0.1, 0.15) is 103 Å². The minimum atomic E-state index is -3.78. The third-order valence-electron chi connectivity index (χ3n) is 14.3. The monoisotopic (exact) mass is 918 g/mol. The quantitative estimate of drug-likeness (QED) is 0.158. The number of amides is 1. The van der Waals surface area contributed by atoms with Gasteiger partial charge in [0.15, 0.2) is 11.6 Å². The summed E-state index contributed by atoms with van der Waals surface area (Å²) in [6.07, 6.45) is 6.00. The number of aryl methyl sites for hydroxylation is 3. The largest absolute Gasteiger partial charge is 0.438 e. The van der Waals surface area contributed by atoms with Crippen molar-refractivity contribution in [2.24, 2.45) is 13.0 Å². The number of ether oxygens (including phenoxy) is 1. The Kier molecular flexibility index (Phi) is 9.21. The summed E-state index contributed by atoms with van der Waals surface area (Å²) in [5.41, 5.74) is -0.349. The summed E-state index contributed by atoms with van der Waals surface area (Å²) in [6.45, 7) is 10.2. The topological polar surface area (TPSA) is 156 Å². The molecular formula is C48H46F4N10O5. The van der Waals surface area contributed by atoms with E-state index in [2.05, 4.69) is 20.3 Å². The molecule has 8 aromatic rings. The molecule has 4 unspecified atom stereocenters. The molecule has 3 aliphatic rings. The van der Waals surface area contributed by atoms with Crippen molar-refractivity contribution in [3.05, 3.63) is 139 Å². The van der Waals surface area contributed by atoms with Crippen LogP contribution in [0.2, 0.25) is 0 Å². The van der Waals surface area contributed by atoms with Crippen molar-refractivity contribution in [1.82, 2.24) is 48.3 Å². The second-order valence-electron chi connectivity index (χ2n) is 19.1. The van der Waals surface area contributed by atoms with Gasteiger partial charge in [0.2, 0.25) is 0 Å². The smallest absolute Gasteiger partial charge is 0.376 e. The Hall–Kier alpha value is -7.02. The predicted molar refractivity (Wildman–Crippen MR) is 237 cm³/mol. The molecule has 1 amide bonds. The number of nitrogens with one attached hydrogen (secondary N) is 1. The number of carbonyl (C=O) groups excluding carboxylic acids is 1. The summed E-state index contributed by atoms with van der Waals surface area (Å²) < 4.78 is 83.1. The Morgan fingerprint density at radius 1 is 0.925 bits per heavy atom. The maximum absolute atomic E-state index is 17.2. The third-order valence-corrected chi connectivity index (χ3v) is 14.3. The van der Waals surface area contributed by atoms with Crippen LogP contribution in [-0.4, -0.2) is 73.0 Å². The number of H-pyrrole nitrogens is 1. The first-order valence-corrected chi connectivity index (χ1v) is 22.2. The van der Waals surface area contributed by atoms with Crippen molar-refractivity contribution in [3.8, 4) is 17.2 Å². The number of nitrogens with zero attached hydrogens (tertiary/aromatic N) is 9. The Labute approximate surface area is 379 Å². The van der Waals surface area contributed by atoms with Crippen molar-refractivity contribution in [1.29, 1.82) is 0 Å². The zero-order chi connectivity index (χ0) is 47.2. The van der Waals surface area contributed by atoms with E-state index in [1.165, 1.54) is 55.3 Å². The summed E-state index contributed by atoms with van der Waals surface area (Å²) in [6, 6.07) is 12.4. The fourth-order valence-corrected chi connectivity index (χ4v) is 10.8. The van der Waals surface area contributed by atoms with Gasteiger partial charge < -0.3 is 14.2 Å². The van der Waals surface area contributed by atoms with Crippen LogP contribution in [0.3, 0.4) is 0 Å². The van der Waals surface area contributed by atoms with Gasteiger partial charge in [0, 0.05) is 42.5 Å².